The Morgan fingerprint density at radius 2 is 1.79 bits per heavy atom. The Bertz CT molecular complexity index is 1070. The Morgan fingerprint density at radius 3 is 2.43 bits per heavy atom. The Hall–Kier alpha value is -3.93. The van der Waals surface area contributed by atoms with Crippen molar-refractivity contribution in [3.63, 3.8) is 0 Å². The molecule has 2 N–H and O–H groups in total. The first-order chi connectivity index (χ1) is 13.6. The molecule has 0 saturated heterocycles. The molecular weight excluding hydrogens is 354 g/mol. The zero-order chi connectivity index (χ0) is 19.5. The average Bonchev–Trinajstić information content (AvgIpc) is 3.33. The number of nitrogens with zero attached hydrogens (tertiary/aromatic N) is 2. The van der Waals surface area contributed by atoms with E-state index in [9.17, 15) is 9.59 Å². The fraction of sp³-hybridized carbons (Fsp3) is 0.0455. The molecule has 4 rings (SSSR count). The number of hydrogen-bond acceptors (Lipinski definition) is 3. The lowest BCUT2D eigenvalue weighted by Gasteiger charge is -2.11. The van der Waals surface area contributed by atoms with E-state index in [1.54, 1.807) is 24.4 Å². The van der Waals surface area contributed by atoms with Crippen LogP contribution >= 0.6 is 0 Å². The first-order valence-electron chi connectivity index (χ1n) is 8.76. The number of nitrogens with one attached hydrogen (secondary N) is 1. The molecule has 0 aliphatic carbocycles. The maximum absolute atomic E-state index is 13.1. The average molecular weight is 371 g/mol. The predicted octanol–water partition coefficient (Wildman–Crippen LogP) is 3.74. The minimum absolute atomic E-state index is 0.158. The molecule has 28 heavy (non-hydrogen) atoms. The first-order valence-corrected chi connectivity index (χ1v) is 8.76. The maximum Gasteiger partial charge on any atom is 0.335 e. The number of amides is 1. The lowest BCUT2D eigenvalue weighted by atomic mass is 10.0. The number of carboxylic acids is 1. The molecule has 1 aliphatic rings. The van der Waals surface area contributed by atoms with Crippen LogP contribution in [0.3, 0.4) is 0 Å². The monoisotopic (exact) mass is 371 g/mol. The second kappa shape index (κ2) is 7.36. The van der Waals surface area contributed by atoms with E-state index in [2.05, 4.69) is 10.1 Å². The van der Waals surface area contributed by atoms with Crippen LogP contribution in [0.15, 0.2) is 83.6 Å². The third kappa shape index (κ3) is 3.48. The molecule has 0 radical (unpaired) electrons. The van der Waals surface area contributed by atoms with E-state index in [1.165, 1.54) is 17.1 Å². The van der Waals surface area contributed by atoms with Crippen LogP contribution in [0.25, 0.3) is 6.08 Å². The smallest absolute Gasteiger partial charge is 0.335 e. The molecule has 0 fully saturated rings. The molecule has 1 aliphatic heterocycles. The highest BCUT2D eigenvalue weighted by molar-refractivity contribution is 6.33. The van der Waals surface area contributed by atoms with E-state index in [0.29, 0.717) is 23.4 Å². The molecule has 0 unspecified atom stereocenters. The third-order valence-electron chi connectivity index (χ3n) is 4.45. The van der Waals surface area contributed by atoms with Gasteiger partial charge in [0.2, 0.25) is 0 Å². The molecule has 0 bridgehead atoms. The van der Waals surface area contributed by atoms with E-state index in [0.717, 1.165) is 11.3 Å². The number of carbonyl (C=O) groups excluding carboxylic acids is 1. The van der Waals surface area contributed by atoms with Gasteiger partial charge in [0.1, 0.15) is 0 Å². The van der Waals surface area contributed by atoms with Crippen LogP contribution in [-0.2, 0) is 11.2 Å². The molecule has 1 aromatic heterocycles. The van der Waals surface area contributed by atoms with Gasteiger partial charge in [0.05, 0.1) is 22.5 Å². The summed E-state index contributed by atoms with van der Waals surface area (Å²) in [6, 6.07) is 19.7. The fourth-order valence-electron chi connectivity index (χ4n) is 3.03. The van der Waals surface area contributed by atoms with Crippen molar-refractivity contribution < 1.29 is 14.7 Å². The van der Waals surface area contributed by atoms with Gasteiger partial charge >= 0.3 is 5.97 Å². The van der Waals surface area contributed by atoms with Crippen LogP contribution < -0.4 is 5.01 Å². The zero-order valence-electron chi connectivity index (χ0n) is 14.9. The van der Waals surface area contributed by atoms with E-state index >= 15 is 0 Å². The number of carboxylic acid groups (broad SMARTS) is 1. The van der Waals surface area contributed by atoms with Gasteiger partial charge in [0.15, 0.2) is 0 Å². The Balaban J connectivity index is 1.71. The van der Waals surface area contributed by atoms with Gasteiger partial charge in [-0.2, -0.15) is 10.1 Å². The number of H-pyrrole nitrogens is 1. The van der Waals surface area contributed by atoms with Gasteiger partial charge in [0.25, 0.3) is 5.91 Å². The number of anilines is 1. The maximum atomic E-state index is 13.1. The van der Waals surface area contributed by atoms with Crippen LogP contribution in [0, 0.1) is 0 Å². The van der Waals surface area contributed by atoms with Crippen LogP contribution in [-0.4, -0.2) is 27.7 Å². The van der Waals surface area contributed by atoms with Crippen molar-refractivity contribution in [2.75, 3.05) is 5.01 Å². The predicted molar refractivity (Wildman–Crippen MR) is 107 cm³/mol. The number of aromatic amines is 1. The highest BCUT2D eigenvalue weighted by Gasteiger charge is 2.31. The summed E-state index contributed by atoms with van der Waals surface area (Å²) >= 11 is 0. The van der Waals surface area contributed by atoms with Crippen molar-refractivity contribution in [2.24, 2.45) is 5.10 Å². The zero-order valence-corrected chi connectivity index (χ0v) is 14.9. The standard InChI is InChI=1S/C22H17N3O3/c26-21-19(14-17-7-4-12-23-17)20(13-15-5-2-1-3-6-15)24-25(21)18-10-8-16(9-11-18)22(27)28/h1-12,14,23H,13H2,(H,27,28)/b19-14-. The molecule has 1 amide bonds. The Kier molecular flexibility index (Phi) is 4.60. The van der Waals surface area contributed by atoms with Gasteiger partial charge < -0.3 is 10.1 Å². The van der Waals surface area contributed by atoms with E-state index in [-0.39, 0.29) is 11.5 Å². The van der Waals surface area contributed by atoms with Crippen molar-refractivity contribution in [1.82, 2.24) is 4.98 Å². The SMILES string of the molecule is O=C(O)c1ccc(N2N=C(Cc3ccccc3)/C(=C/c3ccc[nH]3)C2=O)cc1. The topological polar surface area (TPSA) is 85.8 Å². The van der Waals surface area contributed by atoms with Gasteiger partial charge in [-0.15, -0.1) is 0 Å². The van der Waals surface area contributed by atoms with Gasteiger partial charge in [-0.05, 0) is 48.0 Å². The van der Waals surface area contributed by atoms with E-state index < -0.39 is 5.97 Å². The molecule has 6 nitrogen and oxygen atoms in total. The Labute approximate surface area is 161 Å². The van der Waals surface area contributed by atoms with Crippen LogP contribution in [0.5, 0.6) is 0 Å². The third-order valence-corrected chi connectivity index (χ3v) is 4.45. The summed E-state index contributed by atoms with van der Waals surface area (Å²) in [4.78, 5) is 27.2. The summed E-state index contributed by atoms with van der Waals surface area (Å²) in [6.45, 7) is 0. The molecule has 2 aromatic carbocycles. The number of rotatable bonds is 5. The normalized spacial score (nSPS) is 15.1. The van der Waals surface area contributed by atoms with Crippen molar-refractivity contribution in [3.8, 4) is 0 Å². The lowest BCUT2D eigenvalue weighted by Crippen LogP contribution is -2.21. The summed E-state index contributed by atoms with van der Waals surface area (Å²) in [7, 11) is 0. The van der Waals surface area contributed by atoms with Crippen molar-refractivity contribution in [1.29, 1.82) is 0 Å². The van der Waals surface area contributed by atoms with E-state index in [1.807, 2.05) is 42.5 Å². The summed E-state index contributed by atoms with van der Waals surface area (Å²) in [5.74, 6) is -1.26. The molecular formula is C22H17N3O3. The summed E-state index contributed by atoms with van der Waals surface area (Å²) in [5, 5.41) is 14.9. The highest BCUT2D eigenvalue weighted by atomic mass is 16.4. The largest absolute Gasteiger partial charge is 0.478 e. The fourth-order valence-corrected chi connectivity index (χ4v) is 3.03. The first kappa shape index (κ1) is 17.5. The van der Waals surface area contributed by atoms with Crippen LogP contribution in [0.4, 0.5) is 5.69 Å². The van der Waals surface area contributed by atoms with Gasteiger partial charge in [-0.3, -0.25) is 4.79 Å². The minimum Gasteiger partial charge on any atom is -0.478 e. The molecule has 138 valence electrons. The van der Waals surface area contributed by atoms with Crippen molar-refractivity contribution >= 4 is 29.4 Å². The van der Waals surface area contributed by atoms with Crippen molar-refractivity contribution in [3.05, 3.63) is 95.3 Å². The minimum atomic E-state index is -1.01. The highest BCUT2D eigenvalue weighted by Crippen LogP contribution is 2.26. The van der Waals surface area contributed by atoms with Crippen molar-refractivity contribution in [2.45, 2.75) is 6.42 Å². The summed E-state index contributed by atoms with van der Waals surface area (Å²) in [5.41, 5.74) is 3.71. The number of aromatic nitrogens is 1. The lowest BCUT2D eigenvalue weighted by molar-refractivity contribution is -0.114. The second-order valence-corrected chi connectivity index (χ2v) is 6.36. The second-order valence-electron chi connectivity index (χ2n) is 6.36. The molecule has 6 heteroatoms. The number of aromatic carboxylic acids is 1. The summed E-state index contributed by atoms with van der Waals surface area (Å²) < 4.78 is 0. The van der Waals surface area contributed by atoms with Gasteiger partial charge in [-0.1, -0.05) is 30.3 Å². The number of hydrogen-bond donors (Lipinski definition) is 2. The van der Waals surface area contributed by atoms with E-state index in [4.69, 9.17) is 5.11 Å². The number of carbonyl (C=O) groups is 2. The van der Waals surface area contributed by atoms with Gasteiger partial charge in [0, 0.05) is 18.3 Å². The summed E-state index contributed by atoms with van der Waals surface area (Å²) in [6.07, 6.45) is 4.10. The molecule has 2 heterocycles. The molecule has 3 aromatic rings. The van der Waals surface area contributed by atoms with Crippen LogP contribution in [0.1, 0.15) is 21.6 Å². The number of benzene rings is 2. The van der Waals surface area contributed by atoms with Gasteiger partial charge in [-0.25, -0.2) is 4.79 Å². The number of hydrazone groups is 1. The quantitative estimate of drug-likeness (QED) is 0.670. The molecule has 0 atom stereocenters. The van der Waals surface area contributed by atoms with Crippen LogP contribution in [0.2, 0.25) is 0 Å². The molecule has 0 spiro atoms. The molecule has 0 saturated carbocycles. The Morgan fingerprint density at radius 1 is 1.04 bits per heavy atom.